The van der Waals surface area contributed by atoms with E-state index in [-0.39, 0.29) is 0 Å². The number of hydrogen-bond donors (Lipinski definition) is 3. The number of hydrogen-bond acceptors (Lipinski definition) is 6. The number of para-hydroxylation sites is 1. The predicted octanol–water partition coefficient (Wildman–Crippen LogP) is 4.55. The number of rotatable bonds is 6. The molecule has 0 spiro atoms. The third-order valence-electron chi connectivity index (χ3n) is 4.73. The first-order valence-electron chi connectivity index (χ1n) is 9.31. The fourth-order valence-electron chi connectivity index (χ4n) is 3.39. The molecule has 0 aliphatic heterocycles. The van der Waals surface area contributed by atoms with Crippen molar-refractivity contribution in [1.29, 1.82) is 0 Å². The van der Waals surface area contributed by atoms with Gasteiger partial charge in [-0.05, 0) is 36.4 Å². The zero-order valence-corrected chi connectivity index (χ0v) is 17.7. The van der Waals surface area contributed by atoms with Crippen LogP contribution < -0.4 is 20.1 Å². The number of ether oxygens (including phenoxy) is 1. The highest BCUT2D eigenvalue weighted by atomic mass is 32.2. The van der Waals surface area contributed by atoms with E-state index in [1.807, 2.05) is 49.5 Å². The molecule has 0 aliphatic carbocycles. The molecule has 30 heavy (non-hydrogen) atoms. The summed E-state index contributed by atoms with van der Waals surface area (Å²) in [4.78, 5) is 4.80. The molecule has 7 nitrogen and oxygen atoms in total. The molecule has 0 unspecified atom stereocenters. The zero-order valence-electron chi connectivity index (χ0n) is 16.9. The molecule has 4 rings (SSSR count). The third kappa shape index (κ3) is 3.95. The van der Waals surface area contributed by atoms with Crippen LogP contribution in [0.5, 0.6) is 5.75 Å². The summed E-state index contributed by atoms with van der Waals surface area (Å²) in [6.07, 6.45) is 1.11. The third-order valence-corrected chi connectivity index (χ3v) is 5.34. The number of anilines is 4. The van der Waals surface area contributed by atoms with Crippen LogP contribution in [0, 0.1) is 0 Å². The van der Waals surface area contributed by atoms with Gasteiger partial charge in [-0.3, -0.25) is 4.72 Å². The lowest BCUT2D eigenvalue weighted by Crippen LogP contribution is -2.09. The lowest BCUT2D eigenvalue weighted by Gasteiger charge is -2.17. The van der Waals surface area contributed by atoms with E-state index in [9.17, 15) is 8.42 Å². The second-order valence-electron chi connectivity index (χ2n) is 6.90. The highest BCUT2D eigenvalue weighted by Gasteiger charge is 2.13. The Bertz CT molecular complexity index is 1350. The van der Waals surface area contributed by atoms with Gasteiger partial charge in [0.2, 0.25) is 10.0 Å². The molecule has 0 saturated carbocycles. The number of methoxy groups -OCH3 is 1. The smallest absolute Gasteiger partial charge is 0.229 e. The van der Waals surface area contributed by atoms with Crippen molar-refractivity contribution in [3.63, 3.8) is 0 Å². The van der Waals surface area contributed by atoms with Crippen molar-refractivity contribution in [1.82, 2.24) is 4.98 Å². The average Bonchev–Trinajstić information content (AvgIpc) is 2.72. The number of nitrogens with one attached hydrogen (secondary N) is 3. The maximum Gasteiger partial charge on any atom is 0.229 e. The van der Waals surface area contributed by atoms with Crippen molar-refractivity contribution in [2.24, 2.45) is 0 Å². The van der Waals surface area contributed by atoms with Gasteiger partial charge in [0.25, 0.3) is 0 Å². The van der Waals surface area contributed by atoms with Gasteiger partial charge in [-0.2, -0.15) is 0 Å². The first kappa shape index (κ1) is 19.8. The van der Waals surface area contributed by atoms with Crippen molar-refractivity contribution in [3.05, 3.63) is 60.7 Å². The second-order valence-corrected chi connectivity index (χ2v) is 8.65. The number of fused-ring (bicyclic) bond motifs is 2. The summed E-state index contributed by atoms with van der Waals surface area (Å²) in [5.41, 5.74) is 4.76. The van der Waals surface area contributed by atoms with Crippen LogP contribution in [0.2, 0.25) is 0 Å². The summed E-state index contributed by atoms with van der Waals surface area (Å²) in [7, 11) is 0.0433. The molecule has 0 fully saturated rings. The minimum atomic E-state index is -3.38. The Hall–Kier alpha value is -3.52. The van der Waals surface area contributed by atoms with Gasteiger partial charge >= 0.3 is 0 Å². The van der Waals surface area contributed by atoms with E-state index >= 15 is 0 Å². The minimum absolute atomic E-state index is 0.433. The van der Waals surface area contributed by atoms with Gasteiger partial charge in [0, 0.05) is 29.6 Å². The van der Waals surface area contributed by atoms with Crippen molar-refractivity contribution in [2.75, 3.05) is 35.8 Å². The average molecular weight is 423 g/mol. The molecule has 3 aromatic carbocycles. The van der Waals surface area contributed by atoms with Crippen molar-refractivity contribution in [2.45, 2.75) is 0 Å². The molecule has 3 N–H and O–H groups in total. The number of benzene rings is 3. The first-order chi connectivity index (χ1) is 14.4. The van der Waals surface area contributed by atoms with Gasteiger partial charge in [-0.25, -0.2) is 13.4 Å². The van der Waals surface area contributed by atoms with Crippen LogP contribution >= 0.6 is 0 Å². The van der Waals surface area contributed by atoms with E-state index in [1.54, 1.807) is 25.3 Å². The van der Waals surface area contributed by atoms with Crippen molar-refractivity contribution >= 4 is 54.6 Å². The number of pyridine rings is 1. The van der Waals surface area contributed by atoms with E-state index in [0.29, 0.717) is 17.1 Å². The van der Waals surface area contributed by atoms with Gasteiger partial charge in [0.1, 0.15) is 5.75 Å². The van der Waals surface area contributed by atoms with E-state index in [4.69, 9.17) is 9.72 Å². The van der Waals surface area contributed by atoms with Crippen molar-refractivity contribution in [3.8, 4) is 5.75 Å². The Balaban J connectivity index is 1.86. The molecule has 0 saturated heterocycles. The van der Waals surface area contributed by atoms with Crippen LogP contribution in [-0.2, 0) is 10.0 Å². The highest BCUT2D eigenvalue weighted by molar-refractivity contribution is 7.92. The van der Waals surface area contributed by atoms with E-state index in [1.165, 1.54) is 0 Å². The zero-order chi connectivity index (χ0) is 21.3. The maximum atomic E-state index is 11.5. The quantitative estimate of drug-likeness (QED) is 0.395. The molecule has 0 bridgehead atoms. The van der Waals surface area contributed by atoms with Gasteiger partial charge in [-0.15, -0.1) is 0 Å². The monoisotopic (exact) mass is 422 g/mol. The molecule has 4 aromatic rings. The summed E-state index contributed by atoms with van der Waals surface area (Å²) in [5.74, 6) is 0.518. The molecule has 0 aliphatic rings. The summed E-state index contributed by atoms with van der Waals surface area (Å²) >= 11 is 0. The summed E-state index contributed by atoms with van der Waals surface area (Å²) < 4.78 is 31.1. The van der Waals surface area contributed by atoms with Crippen LogP contribution in [0.25, 0.3) is 21.8 Å². The lowest BCUT2D eigenvalue weighted by molar-refractivity contribution is 0.417. The summed E-state index contributed by atoms with van der Waals surface area (Å²) in [5, 5.41) is 8.56. The molecule has 1 aromatic heterocycles. The van der Waals surface area contributed by atoms with Gasteiger partial charge in [0.15, 0.2) is 0 Å². The standard InChI is InChI=1S/C22H22N4O3S/c1-23-14-8-10-17-20(12-14)24-18-7-5-4-6-16(18)22(17)25-19-11-9-15(13-21(19)29-2)26-30(3,27)28/h4-13,23,26H,1-3H3,(H,24,25). The normalized spacial score (nSPS) is 11.4. The van der Waals surface area contributed by atoms with Crippen LogP contribution in [0.3, 0.4) is 0 Å². The van der Waals surface area contributed by atoms with Gasteiger partial charge in [0.05, 0.1) is 41.5 Å². The Morgan fingerprint density at radius 1 is 0.900 bits per heavy atom. The molecular formula is C22H22N4O3S. The molecule has 0 amide bonds. The van der Waals surface area contributed by atoms with E-state index < -0.39 is 10.0 Å². The number of aromatic nitrogens is 1. The summed E-state index contributed by atoms with van der Waals surface area (Å²) in [6, 6.07) is 19.1. The van der Waals surface area contributed by atoms with Gasteiger partial charge < -0.3 is 15.4 Å². The number of sulfonamides is 1. The van der Waals surface area contributed by atoms with Crippen LogP contribution in [0.1, 0.15) is 0 Å². The molecule has 154 valence electrons. The fourth-order valence-corrected chi connectivity index (χ4v) is 3.94. The predicted molar refractivity (Wildman–Crippen MR) is 124 cm³/mol. The largest absolute Gasteiger partial charge is 0.494 e. The van der Waals surface area contributed by atoms with Crippen LogP contribution in [0.15, 0.2) is 60.7 Å². The van der Waals surface area contributed by atoms with Crippen LogP contribution in [-0.4, -0.2) is 33.8 Å². The lowest BCUT2D eigenvalue weighted by atomic mass is 10.1. The van der Waals surface area contributed by atoms with E-state index in [2.05, 4.69) is 15.4 Å². The maximum absolute atomic E-state index is 11.5. The van der Waals surface area contributed by atoms with Crippen LogP contribution in [0.4, 0.5) is 22.7 Å². The van der Waals surface area contributed by atoms with E-state index in [0.717, 1.165) is 39.4 Å². The first-order valence-corrected chi connectivity index (χ1v) is 11.2. The van der Waals surface area contributed by atoms with Crippen molar-refractivity contribution < 1.29 is 13.2 Å². The Morgan fingerprint density at radius 3 is 2.37 bits per heavy atom. The Morgan fingerprint density at radius 2 is 1.63 bits per heavy atom. The molecular weight excluding hydrogens is 400 g/mol. The number of nitrogens with zero attached hydrogens (tertiary/aromatic N) is 1. The Kier molecular flexibility index (Phi) is 5.09. The van der Waals surface area contributed by atoms with Gasteiger partial charge in [-0.1, -0.05) is 18.2 Å². The Labute approximate surface area is 175 Å². The fraction of sp³-hybridized carbons (Fsp3) is 0.136. The molecule has 0 atom stereocenters. The highest BCUT2D eigenvalue weighted by Crippen LogP contribution is 2.37. The molecule has 0 radical (unpaired) electrons. The topological polar surface area (TPSA) is 92.3 Å². The second kappa shape index (κ2) is 7.72. The summed E-state index contributed by atoms with van der Waals surface area (Å²) in [6.45, 7) is 0. The SMILES string of the molecule is CNc1ccc2c(Nc3ccc(NS(C)(=O)=O)cc3OC)c3ccccc3nc2c1. The minimum Gasteiger partial charge on any atom is -0.494 e. The molecule has 1 heterocycles. The molecule has 8 heteroatoms.